The Labute approximate surface area is 112 Å². The van der Waals surface area contributed by atoms with E-state index in [2.05, 4.69) is 22.4 Å². The highest BCUT2D eigenvalue weighted by atomic mass is 16.1. The van der Waals surface area contributed by atoms with E-state index in [0.29, 0.717) is 5.56 Å². The van der Waals surface area contributed by atoms with E-state index in [1.54, 1.807) is 24.5 Å². The van der Waals surface area contributed by atoms with Crippen LogP contribution in [0, 0.1) is 0 Å². The predicted molar refractivity (Wildman–Crippen MR) is 73.7 cm³/mol. The van der Waals surface area contributed by atoms with E-state index in [-0.39, 0.29) is 11.4 Å². The average Bonchev–Trinajstić information content (AvgIpc) is 2.44. The molecule has 1 aliphatic rings. The number of pyridine rings is 1. The molecule has 1 fully saturated rings. The minimum absolute atomic E-state index is 0.0448. The average molecular weight is 252 g/mol. The van der Waals surface area contributed by atoms with Crippen LogP contribution in [-0.2, 0) is 5.54 Å². The molecule has 3 rings (SSSR count). The molecule has 0 spiro atoms. The quantitative estimate of drug-likeness (QED) is 0.912. The molecule has 1 amide bonds. The Morgan fingerprint density at radius 3 is 2.47 bits per heavy atom. The number of hydrogen-bond donors (Lipinski definition) is 1. The van der Waals surface area contributed by atoms with Crippen molar-refractivity contribution in [2.24, 2.45) is 0 Å². The highest BCUT2D eigenvalue weighted by Gasteiger charge is 2.39. The highest BCUT2D eigenvalue weighted by Crippen LogP contribution is 2.41. The van der Waals surface area contributed by atoms with Crippen molar-refractivity contribution in [3.63, 3.8) is 0 Å². The summed E-state index contributed by atoms with van der Waals surface area (Å²) in [5.74, 6) is -0.0448. The van der Waals surface area contributed by atoms with Crippen molar-refractivity contribution in [3.8, 4) is 0 Å². The summed E-state index contributed by atoms with van der Waals surface area (Å²) in [6.45, 7) is 0. The van der Waals surface area contributed by atoms with Gasteiger partial charge in [-0.15, -0.1) is 0 Å². The minimum Gasteiger partial charge on any atom is -0.342 e. The molecule has 3 nitrogen and oxygen atoms in total. The molecule has 0 aliphatic heterocycles. The van der Waals surface area contributed by atoms with Crippen LogP contribution in [0.5, 0.6) is 0 Å². The van der Waals surface area contributed by atoms with E-state index < -0.39 is 0 Å². The van der Waals surface area contributed by atoms with Gasteiger partial charge in [-0.3, -0.25) is 9.78 Å². The number of benzene rings is 1. The van der Waals surface area contributed by atoms with Crippen LogP contribution in [0.1, 0.15) is 35.2 Å². The molecule has 1 aromatic carbocycles. The van der Waals surface area contributed by atoms with Gasteiger partial charge in [0.15, 0.2) is 0 Å². The largest absolute Gasteiger partial charge is 0.342 e. The third-order valence-corrected chi connectivity index (χ3v) is 3.81. The van der Waals surface area contributed by atoms with Gasteiger partial charge < -0.3 is 5.32 Å². The zero-order valence-electron chi connectivity index (χ0n) is 10.7. The van der Waals surface area contributed by atoms with E-state index in [0.717, 1.165) is 19.3 Å². The third kappa shape index (κ3) is 2.24. The molecule has 1 aliphatic carbocycles. The summed E-state index contributed by atoms with van der Waals surface area (Å²) in [7, 11) is 0. The maximum atomic E-state index is 12.3. The van der Waals surface area contributed by atoms with Crippen LogP contribution in [0.25, 0.3) is 0 Å². The second kappa shape index (κ2) is 4.84. The Kier molecular flexibility index (Phi) is 3.03. The first kappa shape index (κ1) is 11.9. The van der Waals surface area contributed by atoms with Gasteiger partial charge >= 0.3 is 0 Å². The van der Waals surface area contributed by atoms with Crippen molar-refractivity contribution in [3.05, 3.63) is 66.0 Å². The van der Waals surface area contributed by atoms with Crippen molar-refractivity contribution in [1.29, 1.82) is 0 Å². The zero-order chi connectivity index (χ0) is 13.1. The minimum atomic E-state index is -0.186. The fourth-order valence-corrected chi connectivity index (χ4v) is 2.56. The normalized spacial score (nSPS) is 16.4. The Morgan fingerprint density at radius 2 is 1.89 bits per heavy atom. The number of nitrogens with one attached hydrogen (secondary N) is 1. The summed E-state index contributed by atoms with van der Waals surface area (Å²) in [6, 6.07) is 13.8. The van der Waals surface area contributed by atoms with Crippen molar-refractivity contribution in [2.75, 3.05) is 0 Å². The molecule has 0 bridgehead atoms. The number of hydrogen-bond acceptors (Lipinski definition) is 2. The maximum Gasteiger partial charge on any atom is 0.253 e. The van der Waals surface area contributed by atoms with Crippen LogP contribution in [0.15, 0.2) is 54.9 Å². The fraction of sp³-hybridized carbons (Fsp3) is 0.250. The first-order valence-electron chi connectivity index (χ1n) is 6.58. The third-order valence-electron chi connectivity index (χ3n) is 3.81. The number of carbonyl (C=O) groups excluding carboxylic acids is 1. The van der Waals surface area contributed by atoms with Gasteiger partial charge in [-0.1, -0.05) is 30.3 Å². The number of nitrogens with zero attached hydrogens (tertiary/aromatic N) is 1. The standard InChI is InChI=1S/C16H16N2O/c19-15(13-6-4-11-17-12-13)18-16(9-5-10-16)14-7-2-1-3-8-14/h1-4,6-8,11-12H,5,9-10H2,(H,18,19). The zero-order valence-corrected chi connectivity index (χ0v) is 10.7. The first-order chi connectivity index (χ1) is 9.30. The van der Waals surface area contributed by atoms with Gasteiger partial charge in [0, 0.05) is 12.4 Å². The van der Waals surface area contributed by atoms with Crippen molar-refractivity contribution >= 4 is 5.91 Å². The Hall–Kier alpha value is -2.16. The van der Waals surface area contributed by atoms with E-state index in [9.17, 15) is 4.79 Å². The molecular weight excluding hydrogens is 236 g/mol. The number of rotatable bonds is 3. The van der Waals surface area contributed by atoms with Gasteiger partial charge in [-0.25, -0.2) is 0 Å². The van der Waals surface area contributed by atoms with Crippen molar-refractivity contribution in [2.45, 2.75) is 24.8 Å². The molecule has 2 aromatic rings. The molecular formula is C16H16N2O. The van der Waals surface area contributed by atoms with Crippen LogP contribution in [0.4, 0.5) is 0 Å². The number of carbonyl (C=O) groups is 1. The molecule has 0 radical (unpaired) electrons. The molecule has 1 heterocycles. The van der Waals surface area contributed by atoms with Crippen molar-refractivity contribution in [1.82, 2.24) is 10.3 Å². The van der Waals surface area contributed by atoms with Crippen LogP contribution in [0.2, 0.25) is 0 Å². The summed E-state index contributed by atoms with van der Waals surface area (Å²) < 4.78 is 0. The lowest BCUT2D eigenvalue weighted by atomic mass is 9.71. The molecule has 19 heavy (non-hydrogen) atoms. The van der Waals surface area contributed by atoms with Crippen LogP contribution >= 0.6 is 0 Å². The Morgan fingerprint density at radius 1 is 1.11 bits per heavy atom. The highest BCUT2D eigenvalue weighted by molar-refractivity contribution is 5.94. The lowest BCUT2D eigenvalue weighted by Crippen LogP contribution is -2.50. The van der Waals surface area contributed by atoms with Gasteiger partial charge in [0.05, 0.1) is 11.1 Å². The van der Waals surface area contributed by atoms with Gasteiger partial charge in [-0.05, 0) is 37.0 Å². The Balaban J connectivity index is 1.83. The first-order valence-corrected chi connectivity index (χ1v) is 6.58. The second-order valence-corrected chi connectivity index (χ2v) is 5.00. The van der Waals surface area contributed by atoms with E-state index in [4.69, 9.17) is 0 Å². The number of amides is 1. The Bertz CT molecular complexity index is 562. The fourth-order valence-electron chi connectivity index (χ4n) is 2.56. The molecule has 0 unspecified atom stereocenters. The van der Waals surface area contributed by atoms with Crippen LogP contribution in [0.3, 0.4) is 0 Å². The van der Waals surface area contributed by atoms with E-state index in [1.165, 1.54) is 5.56 Å². The topological polar surface area (TPSA) is 42.0 Å². The van der Waals surface area contributed by atoms with Gasteiger partial charge in [0.25, 0.3) is 5.91 Å². The monoisotopic (exact) mass is 252 g/mol. The maximum absolute atomic E-state index is 12.3. The lowest BCUT2D eigenvalue weighted by molar-refractivity contribution is 0.0823. The molecule has 1 saturated carbocycles. The molecule has 0 saturated heterocycles. The molecule has 1 N–H and O–H groups in total. The van der Waals surface area contributed by atoms with Gasteiger partial charge in [-0.2, -0.15) is 0 Å². The number of aromatic nitrogens is 1. The molecule has 1 aromatic heterocycles. The smallest absolute Gasteiger partial charge is 0.253 e. The van der Waals surface area contributed by atoms with Gasteiger partial charge in [0.2, 0.25) is 0 Å². The summed E-state index contributed by atoms with van der Waals surface area (Å²) >= 11 is 0. The van der Waals surface area contributed by atoms with Crippen LogP contribution in [-0.4, -0.2) is 10.9 Å². The molecule has 0 atom stereocenters. The predicted octanol–water partition coefficient (Wildman–Crippen LogP) is 2.89. The lowest BCUT2D eigenvalue weighted by Gasteiger charge is -2.43. The molecule has 96 valence electrons. The summed E-state index contributed by atoms with van der Waals surface area (Å²) in [5.41, 5.74) is 1.62. The van der Waals surface area contributed by atoms with E-state index >= 15 is 0 Å². The second-order valence-electron chi connectivity index (χ2n) is 5.00. The SMILES string of the molecule is O=C(NC1(c2ccccc2)CCC1)c1cccnc1. The van der Waals surface area contributed by atoms with Crippen molar-refractivity contribution < 1.29 is 4.79 Å². The van der Waals surface area contributed by atoms with E-state index in [1.807, 2.05) is 18.2 Å². The summed E-state index contributed by atoms with van der Waals surface area (Å²) in [6.07, 6.45) is 6.44. The molecule has 3 heteroatoms. The van der Waals surface area contributed by atoms with Crippen LogP contribution < -0.4 is 5.32 Å². The summed E-state index contributed by atoms with van der Waals surface area (Å²) in [5, 5.41) is 3.18. The summed E-state index contributed by atoms with van der Waals surface area (Å²) in [4.78, 5) is 16.3. The van der Waals surface area contributed by atoms with Gasteiger partial charge in [0.1, 0.15) is 0 Å².